The van der Waals surface area contributed by atoms with Gasteiger partial charge in [0.15, 0.2) is 5.65 Å². The number of nitrogens with zero attached hydrogens (tertiary/aromatic N) is 3. The van der Waals surface area contributed by atoms with Crippen LogP contribution in [0.4, 0.5) is 0 Å². The Hall–Kier alpha value is -1.09. The van der Waals surface area contributed by atoms with Crippen molar-refractivity contribution in [3.63, 3.8) is 0 Å². The van der Waals surface area contributed by atoms with Crippen molar-refractivity contribution in [1.29, 1.82) is 0 Å². The second kappa shape index (κ2) is 7.65. The fraction of sp³-hybridized carbons (Fsp3) is 0.684. The Balaban J connectivity index is 1.96. The third-order valence-corrected chi connectivity index (χ3v) is 5.33. The molecule has 0 atom stereocenters. The van der Waals surface area contributed by atoms with E-state index in [0.29, 0.717) is 17.0 Å². The lowest BCUT2D eigenvalue weighted by molar-refractivity contribution is 0.452. The minimum atomic E-state index is 0.412. The summed E-state index contributed by atoms with van der Waals surface area (Å²) in [5, 5.41) is 5.25. The van der Waals surface area contributed by atoms with Crippen molar-refractivity contribution < 1.29 is 0 Å². The molecule has 0 amide bonds. The van der Waals surface area contributed by atoms with Crippen LogP contribution in [-0.4, -0.2) is 14.6 Å². The SMILES string of the molecule is CC(C)c1cnn2c(C3CCCCCCCCC3)cc(Cl)nc12. The lowest BCUT2D eigenvalue weighted by Crippen LogP contribution is -2.09. The highest BCUT2D eigenvalue weighted by molar-refractivity contribution is 6.29. The first-order valence-corrected chi connectivity index (χ1v) is 9.58. The summed E-state index contributed by atoms with van der Waals surface area (Å²) in [5.74, 6) is 0.964. The second-order valence-electron chi connectivity index (χ2n) is 7.24. The van der Waals surface area contributed by atoms with Crippen molar-refractivity contribution in [2.75, 3.05) is 0 Å². The van der Waals surface area contributed by atoms with E-state index >= 15 is 0 Å². The Morgan fingerprint density at radius 2 is 1.65 bits per heavy atom. The van der Waals surface area contributed by atoms with Crippen molar-refractivity contribution >= 4 is 17.2 Å². The van der Waals surface area contributed by atoms with Gasteiger partial charge >= 0.3 is 0 Å². The Morgan fingerprint density at radius 1 is 1.04 bits per heavy atom. The number of hydrogen-bond acceptors (Lipinski definition) is 2. The van der Waals surface area contributed by atoms with Crippen LogP contribution in [0.25, 0.3) is 5.65 Å². The van der Waals surface area contributed by atoms with E-state index in [9.17, 15) is 0 Å². The van der Waals surface area contributed by atoms with Crippen LogP contribution in [0.15, 0.2) is 12.3 Å². The van der Waals surface area contributed by atoms with Gasteiger partial charge in [0.2, 0.25) is 0 Å². The lowest BCUT2D eigenvalue weighted by atomic mass is 9.89. The van der Waals surface area contributed by atoms with Gasteiger partial charge < -0.3 is 0 Å². The monoisotopic (exact) mass is 333 g/mol. The molecule has 0 unspecified atom stereocenters. The second-order valence-corrected chi connectivity index (χ2v) is 7.63. The van der Waals surface area contributed by atoms with Gasteiger partial charge in [-0.1, -0.05) is 70.4 Å². The summed E-state index contributed by atoms with van der Waals surface area (Å²) in [5.41, 5.74) is 3.39. The summed E-state index contributed by atoms with van der Waals surface area (Å²) >= 11 is 6.36. The highest BCUT2D eigenvalue weighted by Crippen LogP contribution is 2.32. The minimum absolute atomic E-state index is 0.412. The van der Waals surface area contributed by atoms with Crippen LogP contribution >= 0.6 is 11.6 Å². The summed E-state index contributed by atoms with van der Waals surface area (Å²) in [6.45, 7) is 4.37. The zero-order valence-electron chi connectivity index (χ0n) is 14.4. The average molecular weight is 334 g/mol. The van der Waals surface area contributed by atoms with Gasteiger partial charge in [0.25, 0.3) is 0 Å². The van der Waals surface area contributed by atoms with Crippen molar-refractivity contribution in [1.82, 2.24) is 14.6 Å². The highest BCUT2D eigenvalue weighted by Gasteiger charge is 2.20. The quantitative estimate of drug-likeness (QED) is 0.620. The van der Waals surface area contributed by atoms with Crippen LogP contribution in [0.1, 0.15) is 94.7 Å². The molecule has 1 fully saturated rings. The van der Waals surface area contributed by atoms with Crippen LogP contribution in [0.3, 0.4) is 0 Å². The molecule has 3 nitrogen and oxygen atoms in total. The first kappa shape index (κ1) is 16.8. The van der Waals surface area contributed by atoms with E-state index in [1.54, 1.807) is 0 Å². The van der Waals surface area contributed by atoms with Gasteiger partial charge in [0.1, 0.15) is 5.15 Å². The molecule has 0 saturated heterocycles. The maximum absolute atomic E-state index is 6.36. The number of hydrogen-bond donors (Lipinski definition) is 0. The van der Waals surface area contributed by atoms with Gasteiger partial charge in [-0.05, 0) is 24.8 Å². The summed E-state index contributed by atoms with van der Waals surface area (Å²) in [7, 11) is 0. The van der Waals surface area contributed by atoms with Gasteiger partial charge in [0, 0.05) is 11.5 Å². The number of rotatable bonds is 2. The maximum Gasteiger partial charge on any atom is 0.160 e. The molecule has 0 N–H and O–H groups in total. The number of halogens is 1. The maximum atomic E-state index is 6.36. The van der Waals surface area contributed by atoms with Crippen LogP contribution < -0.4 is 0 Å². The van der Waals surface area contributed by atoms with Crippen LogP contribution in [0.5, 0.6) is 0 Å². The topological polar surface area (TPSA) is 30.2 Å². The van der Waals surface area contributed by atoms with E-state index in [-0.39, 0.29) is 0 Å². The summed E-state index contributed by atoms with van der Waals surface area (Å²) in [6, 6.07) is 2.04. The molecule has 3 rings (SSSR count). The Bertz CT molecular complexity index is 637. The predicted molar refractivity (Wildman–Crippen MR) is 96.4 cm³/mol. The van der Waals surface area contributed by atoms with Gasteiger partial charge in [-0.3, -0.25) is 0 Å². The predicted octanol–water partition coefficient (Wildman–Crippen LogP) is 6.11. The van der Waals surface area contributed by atoms with E-state index in [1.807, 2.05) is 12.3 Å². The zero-order chi connectivity index (χ0) is 16.2. The van der Waals surface area contributed by atoms with Crippen molar-refractivity contribution in [3.05, 3.63) is 28.7 Å². The first-order valence-electron chi connectivity index (χ1n) is 9.21. The molecule has 0 spiro atoms. The van der Waals surface area contributed by atoms with Gasteiger partial charge in [-0.15, -0.1) is 0 Å². The largest absolute Gasteiger partial charge is 0.219 e. The third-order valence-electron chi connectivity index (χ3n) is 5.14. The minimum Gasteiger partial charge on any atom is -0.219 e. The molecule has 126 valence electrons. The van der Waals surface area contributed by atoms with Gasteiger partial charge in [0.05, 0.1) is 11.9 Å². The van der Waals surface area contributed by atoms with E-state index in [0.717, 1.165) is 5.65 Å². The van der Waals surface area contributed by atoms with E-state index in [1.165, 1.54) is 69.0 Å². The molecular formula is C19H28ClN3. The van der Waals surface area contributed by atoms with E-state index < -0.39 is 0 Å². The number of aromatic nitrogens is 3. The summed E-state index contributed by atoms with van der Waals surface area (Å²) in [6.07, 6.45) is 14.0. The van der Waals surface area contributed by atoms with Crippen LogP contribution in [0.2, 0.25) is 5.15 Å². The molecule has 0 bridgehead atoms. The molecule has 23 heavy (non-hydrogen) atoms. The van der Waals surface area contributed by atoms with Crippen molar-refractivity contribution in [2.24, 2.45) is 0 Å². The van der Waals surface area contributed by atoms with Crippen molar-refractivity contribution in [2.45, 2.75) is 83.5 Å². The van der Waals surface area contributed by atoms with Crippen LogP contribution in [-0.2, 0) is 0 Å². The fourth-order valence-electron chi connectivity index (χ4n) is 3.78. The van der Waals surface area contributed by atoms with Gasteiger partial charge in [-0.2, -0.15) is 5.10 Å². The van der Waals surface area contributed by atoms with E-state index in [2.05, 4.69) is 28.4 Å². The Labute approximate surface area is 144 Å². The Kier molecular flexibility index (Phi) is 5.58. The molecule has 0 radical (unpaired) electrons. The molecule has 1 saturated carbocycles. The molecule has 2 aromatic heterocycles. The van der Waals surface area contributed by atoms with Crippen LogP contribution in [0, 0.1) is 0 Å². The molecule has 2 aromatic rings. The summed E-state index contributed by atoms with van der Waals surface area (Å²) < 4.78 is 2.05. The fourth-order valence-corrected chi connectivity index (χ4v) is 3.97. The molecule has 0 aliphatic heterocycles. The molecule has 2 heterocycles. The standard InChI is InChI=1S/C19H28ClN3/c1-14(2)16-13-21-23-17(12-18(20)22-19(16)23)15-10-8-6-4-3-5-7-9-11-15/h12-15H,3-11H2,1-2H3. The van der Waals surface area contributed by atoms with Gasteiger partial charge in [-0.25, -0.2) is 9.50 Å². The molecule has 4 heteroatoms. The number of fused-ring (bicyclic) bond motifs is 1. The summed E-state index contributed by atoms with van der Waals surface area (Å²) in [4.78, 5) is 4.55. The van der Waals surface area contributed by atoms with E-state index in [4.69, 9.17) is 11.6 Å². The van der Waals surface area contributed by atoms with Crippen molar-refractivity contribution in [3.8, 4) is 0 Å². The average Bonchev–Trinajstić information content (AvgIpc) is 2.95. The smallest absolute Gasteiger partial charge is 0.160 e. The zero-order valence-corrected chi connectivity index (χ0v) is 15.1. The lowest BCUT2D eigenvalue weighted by Gasteiger charge is -2.20. The molecular weight excluding hydrogens is 306 g/mol. The molecule has 1 aliphatic carbocycles. The molecule has 0 aromatic carbocycles. The molecule has 1 aliphatic rings. The first-order chi connectivity index (χ1) is 11.2. The third kappa shape index (κ3) is 3.88. The highest BCUT2D eigenvalue weighted by atomic mass is 35.5. The normalized spacial score (nSPS) is 18.6. The Morgan fingerprint density at radius 3 is 2.26 bits per heavy atom.